The van der Waals surface area contributed by atoms with Gasteiger partial charge in [0.25, 0.3) is 5.91 Å². The molecule has 7 heteroatoms. The Kier molecular flexibility index (Phi) is 3.57. The summed E-state index contributed by atoms with van der Waals surface area (Å²) >= 11 is 0. The summed E-state index contributed by atoms with van der Waals surface area (Å²) in [6, 6.07) is 7.86. The third-order valence-corrected chi connectivity index (χ3v) is 4.53. The zero-order valence-corrected chi connectivity index (χ0v) is 13.7. The van der Waals surface area contributed by atoms with E-state index in [4.69, 9.17) is 4.74 Å². The average Bonchev–Trinajstić information content (AvgIpc) is 3.20. The molecule has 3 aromatic rings. The van der Waals surface area contributed by atoms with Crippen molar-refractivity contribution in [1.82, 2.24) is 24.2 Å². The molecule has 124 valence electrons. The summed E-state index contributed by atoms with van der Waals surface area (Å²) in [6.45, 7) is 1.65. The van der Waals surface area contributed by atoms with Crippen LogP contribution in [0.15, 0.2) is 36.8 Å². The van der Waals surface area contributed by atoms with E-state index in [1.165, 1.54) is 0 Å². The second-order valence-corrected chi connectivity index (χ2v) is 6.08. The van der Waals surface area contributed by atoms with Gasteiger partial charge in [-0.25, -0.2) is 4.98 Å². The monoisotopic (exact) mass is 325 g/mol. The number of ether oxygens (including phenoxy) is 1. The summed E-state index contributed by atoms with van der Waals surface area (Å²) in [7, 11) is 3.53. The van der Waals surface area contributed by atoms with Crippen molar-refractivity contribution in [2.24, 2.45) is 7.05 Å². The van der Waals surface area contributed by atoms with Gasteiger partial charge in [0.1, 0.15) is 0 Å². The van der Waals surface area contributed by atoms with Gasteiger partial charge in [-0.3, -0.25) is 9.48 Å². The lowest BCUT2D eigenvalue weighted by Gasteiger charge is -2.33. The summed E-state index contributed by atoms with van der Waals surface area (Å²) in [4.78, 5) is 19.1. The van der Waals surface area contributed by atoms with Crippen molar-refractivity contribution in [3.8, 4) is 0 Å². The molecule has 1 amide bonds. The van der Waals surface area contributed by atoms with Crippen molar-refractivity contribution in [3.63, 3.8) is 0 Å². The number of para-hydroxylation sites is 1. The lowest BCUT2D eigenvalue weighted by Crippen LogP contribution is -2.42. The number of imidazole rings is 1. The molecular weight excluding hydrogens is 306 g/mol. The van der Waals surface area contributed by atoms with E-state index >= 15 is 0 Å². The van der Waals surface area contributed by atoms with E-state index in [0.717, 1.165) is 16.6 Å². The van der Waals surface area contributed by atoms with Crippen LogP contribution in [0.4, 0.5) is 0 Å². The summed E-state index contributed by atoms with van der Waals surface area (Å²) in [5, 5.41) is 5.33. The number of carbonyl (C=O) groups excluding carboxylic acids is 1. The summed E-state index contributed by atoms with van der Waals surface area (Å²) in [5.74, 6) is -0.0552. The molecule has 0 spiro atoms. The van der Waals surface area contributed by atoms with E-state index in [-0.39, 0.29) is 11.9 Å². The van der Waals surface area contributed by atoms with Gasteiger partial charge in [-0.1, -0.05) is 18.2 Å². The molecule has 1 aliphatic rings. The van der Waals surface area contributed by atoms with Gasteiger partial charge in [0.05, 0.1) is 36.7 Å². The molecule has 0 saturated carbocycles. The van der Waals surface area contributed by atoms with Gasteiger partial charge >= 0.3 is 0 Å². The molecule has 0 aliphatic carbocycles. The van der Waals surface area contributed by atoms with Crippen LogP contribution >= 0.6 is 0 Å². The number of aryl methyl sites for hydroxylation is 1. The van der Waals surface area contributed by atoms with Crippen LogP contribution in [-0.2, 0) is 18.3 Å². The molecule has 0 radical (unpaired) electrons. The van der Waals surface area contributed by atoms with Crippen LogP contribution < -0.4 is 0 Å². The minimum atomic E-state index is -0.0552. The number of hydrogen-bond acceptors (Lipinski definition) is 4. The molecule has 4 rings (SSSR count). The minimum Gasteiger partial charge on any atom is -0.382 e. The number of nitrogens with zero attached hydrogens (tertiary/aromatic N) is 5. The maximum absolute atomic E-state index is 13.1. The molecule has 2 aromatic heterocycles. The molecule has 0 fully saturated rings. The molecule has 1 aliphatic heterocycles. The standard InChI is InChI=1S/C17H19N5O2/c1-20-15-6-4-3-5-14(15)16(19-20)17(23)21-8-12-7-18-11-22(12)13(9-21)10-24-2/h3-7,11,13H,8-10H2,1-2H3/t13-/m0/s1. The maximum atomic E-state index is 13.1. The van der Waals surface area contributed by atoms with E-state index in [1.807, 2.05) is 36.2 Å². The smallest absolute Gasteiger partial charge is 0.275 e. The third kappa shape index (κ3) is 2.28. The Hall–Kier alpha value is -2.67. The van der Waals surface area contributed by atoms with E-state index in [0.29, 0.717) is 25.4 Å². The van der Waals surface area contributed by atoms with Gasteiger partial charge in [0.15, 0.2) is 5.69 Å². The molecule has 0 bridgehead atoms. The lowest BCUT2D eigenvalue weighted by molar-refractivity contribution is 0.0595. The molecule has 1 aromatic carbocycles. The molecule has 24 heavy (non-hydrogen) atoms. The molecular formula is C17H19N5O2. The fraction of sp³-hybridized carbons (Fsp3) is 0.353. The minimum absolute atomic E-state index is 0.0552. The highest BCUT2D eigenvalue weighted by Crippen LogP contribution is 2.25. The topological polar surface area (TPSA) is 65.2 Å². The highest BCUT2D eigenvalue weighted by molar-refractivity contribution is 6.04. The predicted octanol–water partition coefficient (Wildman–Crippen LogP) is 1.61. The number of aromatic nitrogens is 4. The number of carbonyl (C=O) groups is 1. The van der Waals surface area contributed by atoms with Crippen molar-refractivity contribution in [1.29, 1.82) is 0 Å². The van der Waals surface area contributed by atoms with Crippen LogP contribution in [0.5, 0.6) is 0 Å². The van der Waals surface area contributed by atoms with Gasteiger partial charge in [-0.2, -0.15) is 5.10 Å². The first kappa shape index (κ1) is 14.9. The fourth-order valence-electron chi connectivity index (χ4n) is 3.39. The SMILES string of the molecule is COC[C@@H]1CN(C(=O)c2nn(C)c3ccccc23)Cc2cncn21. The second-order valence-electron chi connectivity index (χ2n) is 6.08. The largest absolute Gasteiger partial charge is 0.382 e. The zero-order valence-electron chi connectivity index (χ0n) is 13.7. The van der Waals surface area contributed by atoms with Gasteiger partial charge in [-0.15, -0.1) is 0 Å². The molecule has 1 atom stereocenters. The molecule has 7 nitrogen and oxygen atoms in total. The summed E-state index contributed by atoms with van der Waals surface area (Å²) < 4.78 is 9.15. The third-order valence-electron chi connectivity index (χ3n) is 4.53. The van der Waals surface area contributed by atoms with Crippen molar-refractivity contribution in [3.05, 3.63) is 48.2 Å². The van der Waals surface area contributed by atoms with Gasteiger partial charge in [-0.05, 0) is 6.07 Å². The van der Waals surface area contributed by atoms with Gasteiger partial charge in [0, 0.05) is 32.3 Å². The second kappa shape index (κ2) is 5.76. The van der Waals surface area contributed by atoms with Gasteiger partial charge in [0.2, 0.25) is 0 Å². The van der Waals surface area contributed by atoms with Crippen LogP contribution in [0.1, 0.15) is 22.2 Å². The van der Waals surface area contributed by atoms with Crippen molar-refractivity contribution >= 4 is 16.8 Å². The predicted molar refractivity (Wildman–Crippen MR) is 88.6 cm³/mol. The fourth-order valence-corrected chi connectivity index (χ4v) is 3.39. The first-order valence-electron chi connectivity index (χ1n) is 7.89. The Morgan fingerprint density at radius 1 is 1.38 bits per heavy atom. The number of fused-ring (bicyclic) bond motifs is 2. The number of hydrogen-bond donors (Lipinski definition) is 0. The Bertz CT molecular complexity index is 897. The number of methoxy groups -OCH3 is 1. The average molecular weight is 325 g/mol. The number of rotatable bonds is 3. The Morgan fingerprint density at radius 3 is 3.04 bits per heavy atom. The van der Waals surface area contributed by atoms with E-state index in [9.17, 15) is 4.79 Å². The highest BCUT2D eigenvalue weighted by atomic mass is 16.5. The van der Waals surface area contributed by atoms with Crippen LogP contribution in [0, 0.1) is 0 Å². The Balaban J connectivity index is 1.70. The van der Waals surface area contributed by atoms with Crippen molar-refractivity contribution in [2.45, 2.75) is 12.6 Å². The van der Waals surface area contributed by atoms with E-state index in [2.05, 4.69) is 14.6 Å². The van der Waals surface area contributed by atoms with E-state index < -0.39 is 0 Å². The molecule has 0 unspecified atom stereocenters. The first-order chi connectivity index (χ1) is 11.7. The van der Waals surface area contributed by atoms with Crippen molar-refractivity contribution in [2.75, 3.05) is 20.3 Å². The van der Waals surface area contributed by atoms with Crippen LogP contribution in [0.2, 0.25) is 0 Å². The van der Waals surface area contributed by atoms with Crippen LogP contribution in [-0.4, -0.2) is 50.4 Å². The Labute approximate surface area is 139 Å². The molecule has 0 N–H and O–H groups in total. The molecule has 3 heterocycles. The Morgan fingerprint density at radius 2 is 2.21 bits per heavy atom. The quantitative estimate of drug-likeness (QED) is 0.734. The number of amides is 1. The molecule has 0 saturated heterocycles. The van der Waals surface area contributed by atoms with Crippen LogP contribution in [0.3, 0.4) is 0 Å². The van der Waals surface area contributed by atoms with E-state index in [1.54, 1.807) is 24.3 Å². The normalized spacial score (nSPS) is 17.2. The summed E-state index contributed by atoms with van der Waals surface area (Å²) in [5.41, 5.74) is 2.46. The van der Waals surface area contributed by atoms with Crippen LogP contribution in [0.25, 0.3) is 10.9 Å². The highest BCUT2D eigenvalue weighted by Gasteiger charge is 2.30. The van der Waals surface area contributed by atoms with Gasteiger partial charge < -0.3 is 14.2 Å². The maximum Gasteiger partial charge on any atom is 0.275 e. The summed E-state index contributed by atoms with van der Waals surface area (Å²) in [6.07, 6.45) is 3.61. The number of benzene rings is 1. The van der Waals surface area contributed by atoms with Crippen molar-refractivity contribution < 1.29 is 9.53 Å². The zero-order chi connectivity index (χ0) is 16.7. The lowest BCUT2D eigenvalue weighted by atomic mass is 10.1. The first-order valence-corrected chi connectivity index (χ1v) is 7.89.